The second-order valence-corrected chi connectivity index (χ2v) is 11.0. The molecule has 3 fully saturated rings. The van der Waals surface area contributed by atoms with Crippen molar-refractivity contribution >= 4 is 51.7 Å². The summed E-state index contributed by atoms with van der Waals surface area (Å²) >= 11 is 0.573. The number of hydrogen-bond acceptors (Lipinski definition) is 11. The molecule has 0 spiro atoms. The van der Waals surface area contributed by atoms with Gasteiger partial charge in [-0.1, -0.05) is 17.8 Å². The summed E-state index contributed by atoms with van der Waals surface area (Å²) in [6.45, 7) is -0.765. The maximum atomic E-state index is 14.3. The second-order valence-electron chi connectivity index (χ2n) is 8.19. The SMILES string of the molecule is NC(N)=NN1CCN([C@]2(C(=O)[O-])CN3C(=O)[C@@H](NC(=O)[C@@H](c4ccc(O)cc4F)S(=O)(=O)[O-])[C@H]3S2)C1=O.[Na+].[Na+]. The number of benzene rings is 1. The fourth-order valence-corrected chi connectivity index (χ4v) is 6.74. The maximum Gasteiger partial charge on any atom is 1.00 e. The van der Waals surface area contributed by atoms with E-state index in [1.807, 2.05) is 0 Å². The molecule has 21 heteroatoms. The smallest absolute Gasteiger partial charge is 0.747 e. The summed E-state index contributed by atoms with van der Waals surface area (Å²) in [4.78, 5) is 50.2. The Morgan fingerprint density at radius 2 is 1.90 bits per heavy atom. The predicted octanol–water partition coefficient (Wildman–Crippen LogP) is -10.1. The van der Waals surface area contributed by atoms with Gasteiger partial charge in [-0.15, -0.1) is 5.10 Å². The molecular weight excluding hydrogens is 587 g/mol. The van der Waals surface area contributed by atoms with Gasteiger partial charge in [0.1, 0.15) is 38.0 Å². The molecule has 0 aliphatic carbocycles. The Morgan fingerprint density at radius 1 is 1.26 bits per heavy atom. The molecule has 0 aromatic heterocycles. The van der Waals surface area contributed by atoms with Crippen LogP contribution in [0.4, 0.5) is 9.18 Å². The van der Waals surface area contributed by atoms with E-state index in [9.17, 15) is 46.8 Å². The monoisotopic (exact) mass is 605 g/mol. The van der Waals surface area contributed by atoms with Gasteiger partial charge in [-0.3, -0.25) is 14.5 Å². The number of carboxylic acids is 1. The quantitative estimate of drug-likeness (QED) is 0.0743. The number of halogens is 1. The molecule has 16 nitrogen and oxygen atoms in total. The van der Waals surface area contributed by atoms with E-state index in [1.165, 1.54) is 0 Å². The summed E-state index contributed by atoms with van der Waals surface area (Å²) in [5.74, 6) is -6.51. The molecule has 0 radical (unpaired) electrons. The van der Waals surface area contributed by atoms with E-state index in [0.717, 1.165) is 26.9 Å². The Kier molecular flexibility index (Phi) is 10.2. The molecule has 200 valence electrons. The molecule has 3 saturated heterocycles. The van der Waals surface area contributed by atoms with Crippen molar-refractivity contribution in [3.05, 3.63) is 29.6 Å². The summed E-state index contributed by atoms with van der Waals surface area (Å²) in [6.07, 6.45) is 0. The average Bonchev–Trinajstić information content (AvgIpc) is 3.32. The van der Waals surface area contributed by atoms with E-state index < -0.39 is 85.1 Å². The first kappa shape index (κ1) is 33.4. The van der Waals surface area contributed by atoms with E-state index in [-0.39, 0.29) is 72.2 Å². The Labute approximate surface area is 268 Å². The summed E-state index contributed by atoms with van der Waals surface area (Å²) in [5.41, 5.74) is 9.67. The van der Waals surface area contributed by atoms with Gasteiger partial charge >= 0.3 is 65.1 Å². The number of β-lactam (4-membered cyclic amide) rings is 1. The summed E-state index contributed by atoms with van der Waals surface area (Å²) < 4.78 is 49.7. The van der Waals surface area contributed by atoms with E-state index in [2.05, 4.69) is 10.4 Å². The van der Waals surface area contributed by atoms with Crippen LogP contribution in [0.5, 0.6) is 5.75 Å². The van der Waals surface area contributed by atoms with Gasteiger partial charge in [0.05, 0.1) is 19.1 Å². The molecular formula is C18H18FN7Na2O9S2. The number of nitrogens with two attached hydrogens (primary N) is 2. The standard InChI is InChI=1S/C18H20FN7O9S2.2Na/c19-9-5-7(27)1-2-8(9)11(37(33,34)35)12(28)22-10-13(29)24-6-18(15(30)31,36-14(10)24)25-3-4-26(17(25)32)23-16(20)21;;/h1-2,5,10-11,14,27H,3-4,6H2,(H,22,28)(H,30,31)(H4,20,21,23)(H,33,34,35);;/q;2*+1/p-2/t10-,11-,14-,18-;;/m1../s1. The van der Waals surface area contributed by atoms with Crippen molar-refractivity contribution in [2.45, 2.75) is 21.5 Å². The van der Waals surface area contributed by atoms with Crippen molar-refractivity contribution in [3.63, 3.8) is 0 Å². The average molecular weight is 605 g/mol. The molecule has 4 rings (SSSR count). The first-order valence-electron chi connectivity index (χ1n) is 10.3. The van der Waals surface area contributed by atoms with Crippen LogP contribution in [-0.4, -0.2) is 98.6 Å². The maximum absolute atomic E-state index is 14.3. The Bertz CT molecular complexity index is 1350. The Hall–Kier alpha value is -1.84. The number of aliphatic carboxylic acids is 1. The zero-order valence-corrected chi connectivity index (χ0v) is 26.1. The number of guanidine groups is 1. The van der Waals surface area contributed by atoms with Gasteiger partial charge in [-0.25, -0.2) is 22.6 Å². The Balaban J connectivity index is 0.00000267. The van der Waals surface area contributed by atoms with Crippen LogP contribution < -0.4 is 81.0 Å². The number of amides is 4. The van der Waals surface area contributed by atoms with Crippen LogP contribution in [0.15, 0.2) is 23.3 Å². The van der Waals surface area contributed by atoms with Crippen LogP contribution in [0.1, 0.15) is 10.8 Å². The number of hydrogen-bond donors (Lipinski definition) is 4. The second kappa shape index (κ2) is 12.0. The fourth-order valence-electron chi connectivity index (χ4n) is 4.27. The van der Waals surface area contributed by atoms with E-state index in [4.69, 9.17) is 11.5 Å². The van der Waals surface area contributed by atoms with E-state index in [0.29, 0.717) is 17.8 Å². The summed E-state index contributed by atoms with van der Waals surface area (Å²) in [7, 11) is -5.51. The van der Waals surface area contributed by atoms with Crippen molar-refractivity contribution in [3.8, 4) is 5.75 Å². The number of rotatable bonds is 7. The van der Waals surface area contributed by atoms with Gasteiger partial charge < -0.3 is 41.2 Å². The first-order chi connectivity index (χ1) is 17.2. The molecule has 0 bridgehead atoms. The molecule has 6 N–H and O–H groups in total. The van der Waals surface area contributed by atoms with Crippen molar-refractivity contribution in [1.82, 2.24) is 20.1 Å². The minimum atomic E-state index is -5.51. The van der Waals surface area contributed by atoms with Gasteiger partial charge in [-0.05, 0) is 6.07 Å². The summed E-state index contributed by atoms with van der Waals surface area (Å²) in [5, 5.41) is 24.3. The fraction of sp³-hybridized carbons (Fsp3) is 0.389. The van der Waals surface area contributed by atoms with Gasteiger partial charge in [0.15, 0.2) is 5.25 Å². The molecule has 3 aliphatic heterocycles. The third-order valence-electron chi connectivity index (χ3n) is 5.91. The molecule has 0 saturated carbocycles. The van der Waals surface area contributed by atoms with Crippen LogP contribution >= 0.6 is 11.8 Å². The number of carbonyl (C=O) groups is 4. The number of fused-ring (bicyclic) bond motifs is 1. The minimum Gasteiger partial charge on any atom is -0.747 e. The Morgan fingerprint density at radius 3 is 2.44 bits per heavy atom. The largest absolute Gasteiger partial charge is 1.00 e. The van der Waals surface area contributed by atoms with Gasteiger partial charge in [0.2, 0.25) is 17.8 Å². The summed E-state index contributed by atoms with van der Waals surface area (Å²) in [6, 6.07) is -0.307. The third-order valence-corrected chi connectivity index (χ3v) is 8.63. The first-order valence-corrected chi connectivity index (χ1v) is 12.6. The van der Waals surface area contributed by atoms with Crippen molar-refractivity contribution in [2.75, 3.05) is 19.6 Å². The van der Waals surface area contributed by atoms with E-state index in [1.54, 1.807) is 0 Å². The van der Waals surface area contributed by atoms with Crippen LogP contribution in [0, 0.1) is 5.82 Å². The van der Waals surface area contributed by atoms with E-state index >= 15 is 0 Å². The number of thioether (sulfide) groups is 1. The van der Waals surface area contributed by atoms with Crippen LogP contribution in [0.25, 0.3) is 0 Å². The number of urea groups is 1. The topological polar surface area (TPSA) is 255 Å². The molecule has 0 unspecified atom stereocenters. The van der Waals surface area contributed by atoms with Gasteiger partial charge in [0.25, 0.3) is 0 Å². The molecule has 4 amide bonds. The van der Waals surface area contributed by atoms with Crippen LogP contribution in [0.3, 0.4) is 0 Å². The molecule has 4 atom stereocenters. The van der Waals surface area contributed by atoms with Gasteiger partial charge in [-0.2, -0.15) is 0 Å². The zero-order chi connectivity index (χ0) is 27.4. The van der Waals surface area contributed by atoms with Gasteiger partial charge in [0, 0.05) is 18.2 Å². The van der Waals surface area contributed by atoms with Crippen molar-refractivity contribution < 1.29 is 106 Å². The molecule has 1 aromatic carbocycles. The zero-order valence-electron chi connectivity index (χ0n) is 20.4. The molecule has 39 heavy (non-hydrogen) atoms. The van der Waals surface area contributed by atoms with Crippen molar-refractivity contribution in [1.29, 1.82) is 0 Å². The normalized spacial score (nSPS) is 24.6. The number of carboxylic acid groups (broad SMARTS) is 1. The number of nitrogens with zero attached hydrogens (tertiary/aromatic N) is 4. The van der Waals surface area contributed by atoms with Crippen LogP contribution in [-0.2, 0) is 24.5 Å². The molecule has 3 heterocycles. The number of carbonyl (C=O) groups excluding carboxylic acids is 4. The number of hydrazone groups is 1. The number of phenolic OH excluding ortho intramolecular Hbond substituents is 1. The minimum absolute atomic E-state index is 0. The predicted molar refractivity (Wildman–Crippen MR) is 118 cm³/mol. The number of nitrogens with one attached hydrogen (secondary N) is 1. The molecule has 3 aliphatic rings. The van der Waals surface area contributed by atoms with Crippen LogP contribution in [0.2, 0.25) is 0 Å². The third kappa shape index (κ3) is 5.96. The van der Waals surface area contributed by atoms with Crippen molar-refractivity contribution in [2.24, 2.45) is 16.6 Å². The molecule has 1 aromatic rings. The number of aromatic hydroxyl groups is 1. The number of phenols is 1.